The highest BCUT2D eigenvalue weighted by molar-refractivity contribution is 5.63. The van der Waals surface area contributed by atoms with E-state index in [0.29, 0.717) is 0 Å². The average Bonchev–Trinajstić information content (AvgIpc) is 3.24. The summed E-state index contributed by atoms with van der Waals surface area (Å²) in [5.74, 6) is 2.07. The van der Waals surface area contributed by atoms with Crippen LogP contribution in [0.1, 0.15) is 31.7 Å². The fourth-order valence-corrected chi connectivity index (χ4v) is 3.56. The molecule has 130 valence electrons. The largest absolute Gasteiger partial charge is 0.487 e. The van der Waals surface area contributed by atoms with E-state index in [1.165, 1.54) is 11.1 Å². The SMILES string of the molecule is Cc1nccn1CCCn1cncc1-c1ccc2c(c1)CC(C)(C)O2. The van der Waals surface area contributed by atoms with E-state index in [9.17, 15) is 0 Å². The summed E-state index contributed by atoms with van der Waals surface area (Å²) < 4.78 is 10.4. The predicted molar refractivity (Wildman–Crippen MR) is 97.7 cm³/mol. The first-order valence-electron chi connectivity index (χ1n) is 8.82. The van der Waals surface area contributed by atoms with Crippen molar-refractivity contribution in [2.45, 2.75) is 52.3 Å². The third kappa shape index (κ3) is 3.18. The van der Waals surface area contributed by atoms with Gasteiger partial charge in [-0.05, 0) is 51.0 Å². The van der Waals surface area contributed by atoms with Crippen LogP contribution in [0, 0.1) is 6.92 Å². The van der Waals surface area contributed by atoms with Gasteiger partial charge in [-0.3, -0.25) is 0 Å². The van der Waals surface area contributed by atoms with Gasteiger partial charge in [0.1, 0.15) is 17.2 Å². The van der Waals surface area contributed by atoms with Crippen molar-refractivity contribution in [3.8, 4) is 17.0 Å². The van der Waals surface area contributed by atoms with Gasteiger partial charge in [0, 0.05) is 37.5 Å². The summed E-state index contributed by atoms with van der Waals surface area (Å²) in [4.78, 5) is 8.64. The molecular formula is C20H24N4O. The molecule has 0 bridgehead atoms. The molecule has 0 fully saturated rings. The quantitative estimate of drug-likeness (QED) is 0.711. The Balaban J connectivity index is 1.50. The minimum Gasteiger partial charge on any atom is -0.487 e. The van der Waals surface area contributed by atoms with Crippen LogP contribution >= 0.6 is 0 Å². The summed E-state index contributed by atoms with van der Waals surface area (Å²) in [5, 5.41) is 0. The van der Waals surface area contributed by atoms with Gasteiger partial charge in [0.15, 0.2) is 0 Å². The van der Waals surface area contributed by atoms with E-state index < -0.39 is 0 Å². The van der Waals surface area contributed by atoms with Crippen LogP contribution < -0.4 is 4.74 Å². The molecule has 5 heteroatoms. The molecule has 1 aliphatic rings. The minimum atomic E-state index is -0.107. The molecule has 4 rings (SSSR count). The molecule has 0 unspecified atom stereocenters. The van der Waals surface area contributed by atoms with Gasteiger partial charge >= 0.3 is 0 Å². The van der Waals surface area contributed by atoms with Crippen LogP contribution in [0.15, 0.2) is 43.1 Å². The molecule has 0 N–H and O–H groups in total. The van der Waals surface area contributed by atoms with Gasteiger partial charge in [-0.2, -0.15) is 0 Å². The maximum Gasteiger partial charge on any atom is 0.123 e. The molecule has 25 heavy (non-hydrogen) atoms. The maximum atomic E-state index is 5.98. The summed E-state index contributed by atoms with van der Waals surface area (Å²) in [6, 6.07) is 6.47. The van der Waals surface area contributed by atoms with Crippen molar-refractivity contribution in [3.05, 3.63) is 54.5 Å². The number of hydrogen-bond donors (Lipinski definition) is 0. The second kappa shape index (κ2) is 6.06. The zero-order chi connectivity index (χ0) is 17.4. The lowest BCUT2D eigenvalue weighted by Crippen LogP contribution is -2.24. The lowest BCUT2D eigenvalue weighted by Gasteiger charge is -2.16. The van der Waals surface area contributed by atoms with Crippen molar-refractivity contribution >= 4 is 0 Å². The Hall–Kier alpha value is -2.56. The molecule has 0 atom stereocenters. The summed E-state index contributed by atoms with van der Waals surface area (Å²) in [6.45, 7) is 8.21. The molecule has 0 saturated heterocycles. The van der Waals surface area contributed by atoms with Crippen molar-refractivity contribution < 1.29 is 4.74 Å². The Morgan fingerprint density at radius 3 is 2.84 bits per heavy atom. The molecule has 3 aromatic rings. The average molecular weight is 336 g/mol. The maximum absolute atomic E-state index is 5.98. The second-order valence-electron chi connectivity index (χ2n) is 7.35. The summed E-state index contributed by atoms with van der Waals surface area (Å²) in [6.07, 6.45) is 9.75. The molecule has 1 aromatic carbocycles. The molecule has 3 heterocycles. The summed E-state index contributed by atoms with van der Waals surface area (Å²) in [5.41, 5.74) is 3.54. The minimum absolute atomic E-state index is 0.107. The number of hydrogen-bond acceptors (Lipinski definition) is 3. The van der Waals surface area contributed by atoms with Crippen molar-refractivity contribution in [2.24, 2.45) is 0 Å². The highest BCUT2D eigenvalue weighted by Gasteiger charge is 2.30. The zero-order valence-corrected chi connectivity index (χ0v) is 15.1. The Kier molecular flexibility index (Phi) is 3.86. The molecule has 5 nitrogen and oxygen atoms in total. The fourth-order valence-electron chi connectivity index (χ4n) is 3.56. The Morgan fingerprint density at radius 1 is 1.20 bits per heavy atom. The number of fused-ring (bicyclic) bond motifs is 1. The molecule has 2 aromatic heterocycles. The zero-order valence-electron chi connectivity index (χ0n) is 15.1. The van der Waals surface area contributed by atoms with Crippen LogP contribution in [-0.4, -0.2) is 24.7 Å². The van der Waals surface area contributed by atoms with Gasteiger partial charge in [-0.15, -0.1) is 0 Å². The first kappa shape index (κ1) is 15.9. The van der Waals surface area contributed by atoms with E-state index in [1.807, 2.05) is 31.8 Å². The monoisotopic (exact) mass is 336 g/mol. The first-order chi connectivity index (χ1) is 12.0. The number of nitrogens with zero attached hydrogens (tertiary/aromatic N) is 4. The molecule has 0 saturated carbocycles. The van der Waals surface area contributed by atoms with Crippen LogP contribution in [0.2, 0.25) is 0 Å². The highest BCUT2D eigenvalue weighted by atomic mass is 16.5. The molecule has 0 radical (unpaired) electrons. The van der Waals surface area contributed by atoms with Crippen molar-refractivity contribution in [1.29, 1.82) is 0 Å². The Morgan fingerprint density at radius 2 is 2.04 bits per heavy atom. The van der Waals surface area contributed by atoms with Crippen LogP contribution in [0.25, 0.3) is 11.3 Å². The van der Waals surface area contributed by atoms with E-state index in [0.717, 1.165) is 43.2 Å². The van der Waals surface area contributed by atoms with E-state index in [2.05, 4.69) is 51.1 Å². The smallest absolute Gasteiger partial charge is 0.123 e. The number of benzene rings is 1. The number of imidazole rings is 2. The van der Waals surface area contributed by atoms with Crippen LogP contribution in [0.3, 0.4) is 0 Å². The first-order valence-corrected chi connectivity index (χ1v) is 8.82. The van der Waals surface area contributed by atoms with Gasteiger partial charge < -0.3 is 13.9 Å². The fraction of sp³-hybridized carbons (Fsp3) is 0.400. The Bertz CT molecular complexity index is 891. The molecule has 1 aliphatic heterocycles. The van der Waals surface area contributed by atoms with Crippen molar-refractivity contribution in [3.63, 3.8) is 0 Å². The predicted octanol–water partition coefficient (Wildman–Crippen LogP) is 3.86. The second-order valence-corrected chi connectivity index (χ2v) is 7.35. The molecule has 0 aliphatic carbocycles. The molecular weight excluding hydrogens is 312 g/mol. The number of rotatable bonds is 5. The lowest BCUT2D eigenvalue weighted by atomic mass is 9.99. The third-order valence-electron chi connectivity index (χ3n) is 4.79. The van der Waals surface area contributed by atoms with Gasteiger partial charge in [-0.25, -0.2) is 9.97 Å². The number of ether oxygens (including phenoxy) is 1. The Labute approximate surface area is 148 Å². The van der Waals surface area contributed by atoms with Gasteiger partial charge in [0.05, 0.1) is 18.2 Å². The van der Waals surface area contributed by atoms with Gasteiger partial charge in [-0.1, -0.05) is 0 Å². The summed E-state index contributed by atoms with van der Waals surface area (Å²) in [7, 11) is 0. The van der Waals surface area contributed by atoms with E-state index in [-0.39, 0.29) is 5.60 Å². The highest BCUT2D eigenvalue weighted by Crippen LogP contribution is 2.37. The number of aromatic nitrogens is 4. The van der Waals surface area contributed by atoms with Gasteiger partial charge in [0.25, 0.3) is 0 Å². The van der Waals surface area contributed by atoms with Crippen LogP contribution in [0.5, 0.6) is 5.75 Å². The normalized spacial score (nSPS) is 15.2. The third-order valence-corrected chi connectivity index (χ3v) is 4.79. The van der Waals surface area contributed by atoms with E-state index >= 15 is 0 Å². The topological polar surface area (TPSA) is 44.9 Å². The van der Waals surface area contributed by atoms with E-state index in [4.69, 9.17) is 4.74 Å². The summed E-state index contributed by atoms with van der Waals surface area (Å²) >= 11 is 0. The van der Waals surface area contributed by atoms with Crippen molar-refractivity contribution in [2.75, 3.05) is 0 Å². The lowest BCUT2D eigenvalue weighted by molar-refractivity contribution is 0.138. The number of aryl methyl sites for hydroxylation is 3. The van der Waals surface area contributed by atoms with Crippen LogP contribution in [0.4, 0.5) is 0 Å². The van der Waals surface area contributed by atoms with Crippen molar-refractivity contribution in [1.82, 2.24) is 19.1 Å². The standard InChI is InChI=1S/C20H24N4O/c1-15-22-7-10-23(15)8-4-9-24-14-21-13-18(24)16-5-6-19-17(11-16)12-20(2,3)25-19/h5-7,10-11,13-14H,4,8-9,12H2,1-3H3. The van der Waals surface area contributed by atoms with Gasteiger partial charge in [0.2, 0.25) is 0 Å². The van der Waals surface area contributed by atoms with E-state index in [1.54, 1.807) is 0 Å². The van der Waals surface area contributed by atoms with Crippen LogP contribution in [-0.2, 0) is 19.5 Å². The molecule has 0 amide bonds. The molecule has 0 spiro atoms.